The third-order valence-corrected chi connectivity index (χ3v) is 5.07. The highest BCUT2D eigenvalue weighted by atomic mass is 16.3. The van der Waals surface area contributed by atoms with Gasteiger partial charge in [0.1, 0.15) is 5.60 Å². The number of benzene rings is 2. The molecule has 2 aromatic carbocycles. The number of pyridine rings is 1. The van der Waals surface area contributed by atoms with Crippen molar-refractivity contribution in [3.05, 3.63) is 58.3 Å². The Morgan fingerprint density at radius 2 is 1.67 bits per heavy atom. The number of fused-ring (bicyclic) bond motifs is 2. The van der Waals surface area contributed by atoms with Crippen LogP contribution < -0.4 is 5.43 Å². The molecule has 0 spiro atoms. The zero-order valence-corrected chi connectivity index (χ0v) is 13.3. The number of aromatic amines is 1. The summed E-state index contributed by atoms with van der Waals surface area (Å²) in [5.74, 6) is -0.267. The molecule has 0 radical (unpaired) electrons. The molecule has 1 aliphatic carbocycles. The van der Waals surface area contributed by atoms with Gasteiger partial charge < -0.3 is 10.1 Å². The van der Waals surface area contributed by atoms with Crippen LogP contribution in [-0.2, 0) is 0 Å². The van der Waals surface area contributed by atoms with Crippen LogP contribution in [0.2, 0.25) is 0 Å². The van der Waals surface area contributed by atoms with Gasteiger partial charge in [0.2, 0.25) is 0 Å². The highest BCUT2D eigenvalue weighted by Gasteiger charge is 2.37. The van der Waals surface area contributed by atoms with Crippen LogP contribution in [0.25, 0.3) is 21.8 Å². The number of hydrogen-bond acceptors (Lipinski definition) is 3. The van der Waals surface area contributed by atoms with Crippen molar-refractivity contribution in [2.45, 2.75) is 37.7 Å². The van der Waals surface area contributed by atoms with E-state index in [4.69, 9.17) is 0 Å². The summed E-state index contributed by atoms with van der Waals surface area (Å²) in [6, 6.07) is 12.4. The number of ketones is 1. The van der Waals surface area contributed by atoms with Gasteiger partial charge in [0, 0.05) is 27.4 Å². The first-order valence-corrected chi connectivity index (χ1v) is 8.40. The van der Waals surface area contributed by atoms with E-state index in [-0.39, 0.29) is 11.2 Å². The van der Waals surface area contributed by atoms with Gasteiger partial charge in [0.05, 0.1) is 0 Å². The topological polar surface area (TPSA) is 70.2 Å². The lowest BCUT2D eigenvalue weighted by molar-refractivity contribution is 0.0116. The minimum atomic E-state index is -1.28. The second-order valence-corrected chi connectivity index (χ2v) is 6.68. The van der Waals surface area contributed by atoms with Gasteiger partial charge in [-0.05, 0) is 43.2 Å². The summed E-state index contributed by atoms with van der Waals surface area (Å²) in [7, 11) is 0. The van der Waals surface area contributed by atoms with Crippen molar-refractivity contribution < 1.29 is 9.90 Å². The third-order valence-electron chi connectivity index (χ3n) is 5.07. The lowest BCUT2D eigenvalue weighted by Crippen LogP contribution is -2.40. The fourth-order valence-electron chi connectivity index (χ4n) is 3.70. The Labute approximate surface area is 139 Å². The van der Waals surface area contributed by atoms with E-state index in [9.17, 15) is 14.7 Å². The summed E-state index contributed by atoms with van der Waals surface area (Å²) in [5.41, 5.74) is 0.512. The number of carbonyl (C=O) groups is 1. The standard InChI is InChI=1S/C20H19NO3/c22-18-14-6-2-3-7-16(14)21-17-9-8-13(12-15(17)18)19(23)20(24)10-4-1-5-11-20/h2-3,6-9,12,24H,1,4-5,10-11H2,(H,21,22). The van der Waals surface area contributed by atoms with E-state index in [1.807, 2.05) is 18.2 Å². The summed E-state index contributed by atoms with van der Waals surface area (Å²) in [5, 5.41) is 11.8. The number of carbonyl (C=O) groups excluding carboxylic acids is 1. The quantitative estimate of drug-likeness (QED) is 0.560. The first-order valence-electron chi connectivity index (χ1n) is 8.40. The van der Waals surface area contributed by atoms with E-state index >= 15 is 0 Å². The van der Waals surface area contributed by atoms with Crippen molar-refractivity contribution in [3.8, 4) is 0 Å². The van der Waals surface area contributed by atoms with Gasteiger partial charge in [-0.2, -0.15) is 0 Å². The molecule has 4 rings (SSSR count). The van der Waals surface area contributed by atoms with E-state index in [0.29, 0.717) is 34.7 Å². The first kappa shape index (κ1) is 15.1. The monoisotopic (exact) mass is 321 g/mol. The number of aromatic nitrogens is 1. The molecule has 3 aromatic rings. The molecular weight excluding hydrogens is 302 g/mol. The zero-order valence-electron chi connectivity index (χ0n) is 13.3. The number of Topliss-reactive ketones (excluding diaryl/α,β-unsaturated/α-hetero) is 1. The maximum atomic E-state index is 12.8. The molecule has 1 aliphatic rings. The van der Waals surface area contributed by atoms with Gasteiger partial charge in [-0.3, -0.25) is 9.59 Å². The molecule has 0 bridgehead atoms. The summed E-state index contributed by atoms with van der Waals surface area (Å²) >= 11 is 0. The summed E-state index contributed by atoms with van der Waals surface area (Å²) in [6.07, 6.45) is 3.77. The summed E-state index contributed by atoms with van der Waals surface area (Å²) in [6.45, 7) is 0. The van der Waals surface area contributed by atoms with Crippen molar-refractivity contribution in [2.24, 2.45) is 0 Å². The molecule has 4 nitrogen and oxygen atoms in total. The van der Waals surface area contributed by atoms with Crippen LogP contribution in [0.5, 0.6) is 0 Å². The number of aliphatic hydroxyl groups is 1. The average molecular weight is 321 g/mol. The minimum absolute atomic E-state index is 0.0929. The average Bonchev–Trinajstić information content (AvgIpc) is 2.62. The zero-order chi connectivity index (χ0) is 16.7. The van der Waals surface area contributed by atoms with Gasteiger partial charge >= 0.3 is 0 Å². The Bertz CT molecular complexity index is 997. The Kier molecular flexibility index (Phi) is 3.50. The highest BCUT2D eigenvalue weighted by Crippen LogP contribution is 2.31. The minimum Gasteiger partial charge on any atom is -0.382 e. The number of nitrogens with one attached hydrogen (secondary N) is 1. The van der Waals surface area contributed by atoms with Crippen LogP contribution in [0.1, 0.15) is 42.5 Å². The SMILES string of the molecule is O=C(c1ccc2[nH]c3ccccc3c(=O)c2c1)C1(O)CCCCC1. The fourth-order valence-corrected chi connectivity index (χ4v) is 3.70. The van der Waals surface area contributed by atoms with Crippen LogP contribution in [0.3, 0.4) is 0 Å². The molecule has 1 fully saturated rings. The molecule has 4 heteroatoms. The van der Waals surface area contributed by atoms with E-state index in [2.05, 4.69) is 4.98 Å². The van der Waals surface area contributed by atoms with Crippen LogP contribution in [0.15, 0.2) is 47.3 Å². The van der Waals surface area contributed by atoms with Gasteiger partial charge in [0.25, 0.3) is 0 Å². The van der Waals surface area contributed by atoms with Gasteiger partial charge in [-0.25, -0.2) is 0 Å². The van der Waals surface area contributed by atoms with E-state index in [0.717, 1.165) is 24.8 Å². The number of rotatable bonds is 2. The fraction of sp³-hybridized carbons (Fsp3) is 0.300. The molecule has 122 valence electrons. The van der Waals surface area contributed by atoms with Crippen molar-refractivity contribution in [1.29, 1.82) is 0 Å². The summed E-state index contributed by atoms with van der Waals surface area (Å²) < 4.78 is 0. The molecule has 0 saturated heterocycles. The van der Waals surface area contributed by atoms with Crippen LogP contribution >= 0.6 is 0 Å². The highest BCUT2D eigenvalue weighted by molar-refractivity contribution is 6.05. The van der Waals surface area contributed by atoms with Gasteiger partial charge in [0.15, 0.2) is 11.2 Å². The third kappa shape index (κ3) is 2.34. The first-order chi connectivity index (χ1) is 11.6. The number of para-hydroxylation sites is 1. The van der Waals surface area contributed by atoms with Crippen LogP contribution in [0, 0.1) is 0 Å². The van der Waals surface area contributed by atoms with E-state index in [1.54, 1.807) is 24.3 Å². The van der Waals surface area contributed by atoms with Crippen molar-refractivity contribution in [3.63, 3.8) is 0 Å². The van der Waals surface area contributed by atoms with Gasteiger partial charge in [-0.15, -0.1) is 0 Å². The predicted molar refractivity (Wildman–Crippen MR) is 94.4 cm³/mol. The van der Waals surface area contributed by atoms with Gasteiger partial charge in [-0.1, -0.05) is 31.4 Å². The summed E-state index contributed by atoms with van der Waals surface area (Å²) in [4.78, 5) is 28.7. The molecule has 0 atom stereocenters. The van der Waals surface area contributed by atoms with Crippen LogP contribution in [-0.4, -0.2) is 21.5 Å². The molecule has 0 unspecified atom stereocenters. The smallest absolute Gasteiger partial charge is 0.197 e. The molecule has 1 heterocycles. The van der Waals surface area contributed by atoms with Crippen molar-refractivity contribution in [2.75, 3.05) is 0 Å². The second-order valence-electron chi connectivity index (χ2n) is 6.68. The van der Waals surface area contributed by atoms with E-state index in [1.165, 1.54) is 0 Å². The molecule has 1 saturated carbocycles. The lowest BCUT2D eigenvalue weighted by atomic mass is 9.79. The normalized spacial score (nSPS) is 17.2. The number of hydrogen-bond donors (Lipinski definition) is 2. The molecule has 0 amide bonds. The van der Waals surface area contributed by atoms with Crippen LogP contribution in [0.4, 0.5) is 0 Å². The lowest BCUT2D eigenvalue weighted by Gasteiger charge is -2.30. The Balaban J connectivity index is 1.86. The maximum Gasteiger partial charge on any atom is 0.197 e. The molecular formula is C20H19NO3. The molecule has 0 aliphatic heterocycles. The number of H-pyrrole nitrogens is 1. The molecule has 24 heavy (non-hydrogen) atoms. The van der Waals surface area contributed by atoms with E-state index < -0.39 is 5.60 Å². The Morgan fingerprint density at radius 3 is 2.46 bits per heavy atom. The van der Waals surface area contributed by atoms with Crippen molar-refractivity contribution >= 4 is 27.6 Å². The van der Waals surface area contributed by atoms with Crippen molar-refractivity contribution in [1.82, 2.24) is 4.98 Å². The Morgan fingerprint density at radius 1 is 0.958 bits per heavy atom. The predicted octanol–water partition coefficient (Wildman–Crippen LogP) is 3.56. The second kappa shape index (κ2) is 5.56. The Hall–Kier alpha value is -2.46. The molecule has 1 aromatic heterocycles. The molecule has 2 N–H and O–H groups in total. The largest absolute Gasteiger partial charge is 0.382 e. The maximum absolute atomic E-state index is 12.8.